The van der Waals surface area contributed by atoms with Gasteiger partial charge in [0.25, 0.3) is 0 Å². The Hall–Kier alpha value is -1.81. The van der Waals surface area contributed by atoms with Crippen LogP contribution in [0.1, 0.15) is 23.8 Å². The summed E-state index contributed by atoms with van der Waals surface area (Å²) in [6.07, 6.45) is 2.13. The zero-order valence-corrected chi connectivity index (χ0v) is 11.4. The minimum absolute atomic E-state index is 0.00194. The van der Waals surface area contributed by atoms with Crippen molar-refractivity contribution in [1.82, 2.24) is 4.90 Å². The van der Waals surface area contributed by atoms with Crippen molar-refractivity contribution in [3.8, 4) is 0 Å². The van der Waals surface area contributed by atoms with Crippen molar-refractivity contribution in [2.24, 2.45) is 0 Å². The van der Waals surface area contributed by atoms with Gasteiger partial charge in [-0.15, -0.1) is 11.3 Å². The summed E-state index contributed by atoms with van der Waals surface area (Å²) in [5.74, 6) is 0. The first-order valence-electron chi connectivity index (χ1n) is 6.50. The fraction of sp³-hybridized carbons (Fsp3) is 0.267. The summed E-state index contributed by atoms with van der Waals surface area (Å²) in [6.45, 7) is 0.835. The molecule has 1 N–H and O–H groups in total. The molecular formula is C15H16N2OS. The zero-order chi connectivity index (χ0) is 13.1. The van der Waals surface area contributed by atoms with Crippen LogP contribution in [0.3, 0.4) is 0 Å². The number of hydrogen-bond donors (Lipinski definition) is 1. The van der Waals surface area contributed by atoms with Crippen molar-refractivity contribution in [2.75, 3.05) is 11.9 Å². The lowest BCUT2D eigenvalue weighted by Gasteiger charge is -2.24. The number of nitrogens with one attached hydrogen (secondary N) is 1. The summed E-state index contributed by atoms with van der Waals surface area (Å²) >= 11 is 1.73. The van der Waals surface area contributed by atoms with Crippen molar-refractivity contribution in [3.05, 3.63) is 52.7 Å². The normalized spacial score (nSPS) is 18.5. The largest absolute Gasteiger partial charge is 0.322 e. The van der Waals surface area contributed by atoms with E-state index in [1.165, 1.54) is 4.88 Å². The summed E-state index contributed by atoms with van der Waals surface area (Å²) in [5, 5.41) is 5.04. The molecule has 0 radical (unpaired) electrons. The Kier molecular flexibility index (Phi) is 3.51. The number of urea groups is 1. The van der Waals surface area contributed by atoms with Gasteiger partial charge in [-0.3, -0.25) is 0 Å². The highest BCUT2D eigenvalue weighted by molar-refractivity contribution is 7.10. The Morgan fingerprint density at radius 1 is 1.21 bits per heavy atom. The van der Waals surface area contributed by atoms with Crippen LogP contribution < -0.4 is 5.32 Å². The predicted octanol–water partition coefficient (Wildman–Crippen LogP) is 4.12. The second-order valence-corrected chi connectivity index (χ2v) is 5.64. The molecule has 2 aromatic rings. The number of amides is 2. The minimum atomic E-state index is 0.00194. The van der Waals surface area contributed by atoms with Crippen LogP contribution in [0.5, 0.6) is 0 Å². The van der Waals surface area contributed by atoms with Crippen LogP contribution in [0, 0.1) is 0 Å². The van der Waals surface area contributed by atoms with E-state index in [9.17, 15) is 4.79 Å². The average Bonchev–Trinajstić information content (AvgIpc) is 3.10. The van der Waals surface area contributed by atoms with Gasteiger partial charge < -0.3 is 10.2 Å². The second-order valence-electron chi connectivity index (χ2n) is 4.66. The molecule has 1 saturated heterocycles. The highest BCUT2D eigenvalue weighted by Gasteiger charge is 2.30. The number of thiophene rings is 1. The highest BCUT2D eigenvalue weighted by atomic mass is 32.1. The number of para-hydroxylation sites is 1. The van der Waals surface area contributed by atoms with Crippen molar-refractivity contribution in [1.29, 1.82) is 0 Å². The van der Waals surface area contributed by atoms with Gasteiger partial charge >= 0.3 is 6.03 Å². The third kappa shape index (κ3) is 2.63. The molecule has 2 heterocycles. The van der Waals surface area contributed by atoms with Crippen LogP contribution >= 0.6 is 11.3 Å². The predicted molar refractivity (Wildman–Crippen MR) is 78.5 cm³/mol. The summed E-state index contributed by atoms with van der Waals surface area (Å²) in [7, 11) is 0. The molecule has 19 heavy (non-hydrogen) atoms. The molecule has 1 fully saturated rings. The van der Waals surface area contributed by atoms with E-state index in [0.717, 1.165) is 25.1 Å². The Bertz CT molecular complexity index is 539. The fourth-order valence-corrected chi connectivity index (χ4v) is 3.38. The van der Waals surface area contributed by atoms with Gasteiger partial charge in [0, 0.05) is 17.1 Å². The Morgan fingerprint density at radius 2 is 2.05 bits per heavy atom. The van der Waals surface area contributed by atoms with Crippen LogP contribution in [0.15, 0.2) is 47.8 Å². The van der Waals surface area contributed by atoms with Crippen LogP contribution in [0.4, 0.5) is 10.5 Å². The van der Waals surface area contributed by atoms with Crippen LogP contribution in [-0.4, -0.2) is 17.5 Å². The van der Waals surface area contributed by atoms with Gasteiger partial charge in [-0.2, -0.15) is 0 Å². The van der Waals surface area contributed by atoms with Crippen LogP contribution in [-0.2, 0) is 0 Å². The van der Waals surface area contributed by atoms with Gasteiger partial charge in [0.05, 0.1) is 6.04 Å². The monoisotopic (exact) mass is 272 g/mol. The molecule has 98 valence electrons. The maximum absolute atomic E-state index is 12.3. The SMILES string of the molecule is O=C(Nc1ccccc1)N1CCC[C@H]1c1cccs1. The van der Waals surface area contributed by atoms with Crippen molar-refractivity contribution >= 4 is 23.1 Å². The molecule has 1 aliphatic rings. The molecular weight excluding hydrogens is 256 g/mol. The van der Waals surface area contributed by atoms with Crippen molar-refractivity contribution < 1.29 is 4.79 Å². The molecule has 1 aromatic heterocycles. The summed E-state index contributed by atoms with van der Waals surface area (Å²) < 4.78 is 0. The average molecular weight is 272 g/mol. The van der Waals surface area contributed by atoms with E-state index in [1.54, 1.807) is 11.3 Å². The van der Waals surface area contributed by atoms with E-state index in [1.807, 2.05) is 41.3 Å². The molecule has 0 bridgehead atoms. The third-order valence-electron chi connectivity index (χ3n) is 3.41. The summed E-state index contributed by atoms with van der Waals surface area (Å²) in [5.41, 5.74) is 0.851. The summed E-state index contributed by atoms with van der Waals surface area (Å²) in [4.78, 5) is 15.6. The molecule has 0 aliphatic carbocycles. The van der Waals surface area contributed by atoms with E-state index in [-0.39, 0.29) is 12.1 Å². The topological polar surface area (TPSA) is 32.3 Å². The number of benzene rings is 1. The molecule has 1 aromatic carbocycles. The van der Waals surface area contributed by atoms with Gasteiger partial charge in [0.2, 0.25) is 0 Å². The number of hydrogen-bond acceptors (Lipinski definition) is 2. The van der Waals surface area contributed by atoms with Gasteiger partial charge in [0.15, 0.2) is 0 Å². The zero-order valence-electron chi connectivity index (χ0n) is 10.6. The Labute approximate surface area is 116 Å². The maximum Gasteiger partial charge on any atom is 0.322 e. The number of carbonyl (C=O) groups is 1. The van der Waals surface area contributed by atoms with E-state index in [2.05, 4.69) is 16.8 Å². The molecule has 0 spiro atoms. The molecule has 1 atom stereocenters. The lowest BCUT2D eigenvalue weighted by Crippen LogP contribution is -2.34. The molecule has 3 rings (SSSR count). The molecule has 4 heteroatoms. The lowest BCUT2D eigenvalue weighted by atomic mass is 10.2. The smallest absolute Gasteiger partial charge is 0.317 e. The fourth-order valence-electron chi connectivity index (χ4n) is 2.50. The molecule has 2 amide bonds. The van der Waals surface area contributed by atoms with Gasteiger partial charge in [-0.05, 0) is 36.4 Å². The van der Waals surface area contributed by atoms with Crippen molar-refractivity contribution in [3.63, 3.8) is 0 Å². The first-order valence-corrected chi connectivity index (χ1v) is 7.38. The number of rotatable bonds is 2. The van der Waals surface area contributed by atoms with E-state index in [0.29, 0.717) is 0 Å². The minimum Gasteiger partial charge on any atom is -0.317 e. The van der Waals surface area contributed by atoms with Gasteiger partial charge in [0.1, 0.15) is 0 Å². The molecule has 1 aliphatic heterocycles. The second kappa shape index (κ2) is 5.45. The Balaban J connectivity index is 1.72. The molecule has 0 unspecified atom stereocenters. The van der Waals surface area contributed by atoms with Crippen LogP contribution in [0.2, 0.25) is 0 Å². The van der Waals surface area contributed by atoms with Gasteiger partial charge in [-0.25, -0.2) is 4.79 Å². The molecule has 3 nitrogen and oxygen atoms in total. The first kappa shape index (κ1) is 12.2. The summed E-state index contributed by atoms with van der Waals surface area (Å²) in [6, 6.07) is 14.0. The maximum atomic E-state index is 12.3. The third-order valence-corrected chi connectivity index (χ3v) is 4.38. The highest BCUT2D eigenvalue weighted by Crippen LogP contribution is 2.34. The number of likely N-dealkylation sites (tertiary alicyclic amines) is 1. The van der Waals surface area contributed by atoms with Gasteiger partial charge in [-0.1, -0.05) is 24.3 Å². The number of anilines is 1. The number of nitrogens with zero attached hydrogens (tertiary/aromatic N) is 1. The van der Waals surface area contributed by atoms with E-state index >= 15 is 0 Å². The first-order chi connectivity index (χ1) is 9.34. The Morgan fingerprint density at radius 3 is 2.79 bits per heavy atom. The standard InChI is InChI=1S/C15H16N2OS/c18-15(16-12-6-2-1-3-7-12)17-10-4-8-13(17)14-9-5-11-19-14/h1-3,5-7,9,11,13H,4,8,10H2,(H,16,18)/t13-/m0/s1. The van der Waals surface area contributed by atoms with Crippen molar-refractivity contribution in [2.45, 2.75) is 18.9 Å². The lowest BCUT2D eigenvalue weighted by molar-refractivity contribution is 0.208. The molecule has 0 saturated carbocycles. The van der Waals surface area contributed by atoms with E-state index in [4.69, 9.17) is 0 Å². The van der Waals surface area contributed by atoms with Crippen LogP contribution in [0.25, 0.3) is 0 Å². The quantitative estimate of drug-likeness (QED) is 0.876. The number of carbonyl (C=O) groups excluding carboxylic acids is 1. The van der Waals surface area contributed by atoms with E-state index < -0.39 is 0 Å².